The summed E-state index contributed by atoms with van der Waals surface area (Å²) in [7, 11) is 0. The van der Waals surface area contributed by atoms with Crippen LogP contribution >= 0.6 is 0 Å². The predicted molar refractivity (Wildman–Crippen MR) is 69.8 cm³/mol. The van der Waals surface area contributed by atoms with Gasteiger partial charge in [-0.1, -0.05) is 13.8 Å². The fourth-order valence-electron chi connectivity index (χ4n) is 3.53. The lowest BCUT2D eigenvalue weighted by Gasteiger charge is -2.41. The highest BCUT2D eigenvalue weighted by Gasteiger charge is 2.42. The third-order valence-electron chi connectivity index (χ3n) is 5.19. The largest absolute Gasteiger partial charge is 0.360 e. The first-order chi connectivity index (χ1) is 8.09. The summed E-state index contributed by atoms with van der Waals surface area (Å²) in [5.41, 5.74) is 0.557. The first-order valence-electron chi connectivity index (χ1n) is 7.48. The van der Waals surface area contributed by atoms with Crippen LogP contribution in [-0.4, -0.2) is 18.9 Å². The van der Waals surface area contributed by atoms with Crippen molar-refractivity contribution in [3.8, 4) is 0 Å². The minimum atomic E-state index is 0.0408. The van der Waals surface area contributed by atoms with E-state index < -0.39 is 0 Å². The zero-order chi connectivity index (χ0) is 11.9. The highest BCUT2D eigenvalue weighted by atomic mass is 16.5. The summed E-state index contributed by atoms with van der Waals surface area (Å²) in [5.74, 6) is 1.78. The van der Waals surface area contributed by atoms with Crippen LogP contribution in [0.25, 0.3) is 0 Å². The number of rotatable bonds is 1. The van der Waals surface area contributed by atoms with Gasteiger partial charge in [0, 0.05) is 6.54 Å². The van der Waals surface area contributed by atoms with E-state index in [2.05, 4.69) is 19.2 Å². The summed E-state index contributed by atoms with van der Waals surface area (Å²) in [6.07, 6.45) is 9.27. The van der Waals surface area contributed by atoms with Crippen molar-refractivity contribution >= 4 is 0 Å². The quantitative estimate of drug-likeness (QED) is 0.755. The molecule has 3 rings (SSSR count). The van der Waals surface area contributed by atoms with Crippen molar-refractivity contribution in [2.45, 2.75) is 64.5 Å². The maximum atomic E-state index is 6.28. The van der Waals surface area contributed by atoms with Gasteiger partial charge in [0.25, 0.3) is 0 Å². The van der Waals surface area contributed by atoms with Gasteiger partial charge in [-0.05, 0) is 62.2 Å². The molecule has 2 unspecified atom stereocenters. The van der Waals surface area contributed by atoms with Gasteiger partial charge in [0.1, 0.15) is 5.72 Å². The summed E-state index contributed by atoms with van der Waals surface area (Å²) in [6, 6.07) is 0. The van der Waals surface area contributed by atoms with Gasteiger partial charge in [-0.25, -0.2) is 0 Å². The second-order valence-corrected chi connectivity index (χ2v) is 7.30. The molecule has 2 atom stereocenters. The molecule has 1 heterocycles. The molecule has 98 valence electrons. The molecule has 17 heavy (non-hydrogen) atoms. The van der Waals surface area contributed by atoms with E-state index in [0.717, 1.165) is 18.4 Å². The van der Waals surface area contributed by atoms with Gasteiger partial charge >= 0.3 is 0 Å². The van der Waals surface area contributed by atoms with Crippen LogP contribution in [0.15, 0.2) is 0 Å². The van der Waals surface area contributed by atoms with Crippen LogP contribution in [-0.2, 0) is 4.74 Å². The molecule has 2 nitrogen and oxygen atoms in total. The van der Waals surface area contributed by atoms with E-state index in [9.17, 15) is 0 Å². The number of hydrogen-bond donors (Lipinski definition) is 1. The molecule has 1 spiro atoms. The molecule has 1 aliphatic heterocycles. The molecule has 2 heteroatoms. The molecule has 3 aliphatic rings. The standard InChI is InChI=1S/C15H27NO/c1-14(2)6-3-7-15(9-8-14)16-10-13(11-17-15)12-4-5-12/h12-13,16H,3-11H2,1-2H3. The van der Waals surface area contributed by atoms with Crippen LogP contribution in [0, 0.1) is 17.3 Å². The van der Waals surface area contributed by atoms with E-state index in [4.69, 9.17) is 4.74 Å². The van der Waals surface area contributed by atoms with Crippen molar-refractivity contribution in [1.29, 1.82) is 0 Å². The fraction of sp³-hybridized carbons (Fsp3) is 1.00. The normalized spacial score (nSPS) is 42.4. The average molecular weight is 237 g/mol. The molecule has 0 radical (unpaired) electrons. The molecule has 2 saturated carbocycles. The lowest BCUT2D eigenvalue weighted by molar-refractivity contribution is -0.128. The molecule has 1 N–H and O–H groups in total. The molecule has 0 bridgehead atoms. The Balaban J connectivity index is 1.59. The minimum absolute atomic E-state index is 0.0408. The van der Waals surface area contributed by atoms with Gasteiger partial charge in [-0.2, -0.15) is 0 Å². The molecular formula is C15H27NO. The molecular weight excluding hydrogens is 210 g/mol. The Morgan fingerprint density at radius 3 is 2.47 bits per heavy atom. The van der Waals surface area contributed by atoms with Crippen molar-refractivity contribution in [2.24, 2.45) is 17.3 Å². The van der Waals surface area contributed by atoms with Gasteiger partial charge < -0.3 is 4.74 Å². The fourth-order valence-corrected chi connectivity index (χ4v) is 3.53. The minimum Gasteiger partial charge on any atom is -0.360 e. The molecule has 1 saturated heterocycles. The third kappa shape index (κ3) is 2.68. The monoisotopic (exact) mass is 237 g/mol. The topological polar surface area (TPSA) is 21.3 Å². The van der Waals surface area contributed by atoms with Crippen molar-refractivity contribution in [3.63, 3.8) is 0 Å². The Labute approximate surface area is 105 Å². The predicted octanol–water partition coefficient (Wildman–Crippen LogP) is 3.32. The maximum absolute atomic E-state index is 6.28. The summed E-state index contributed by atoms with van der Waals surface area (Å²) >= 11 is 0. The highest BCUT2D eigenvalue weighted by Crippen LogP contribution is 2.43. The Bertz CT molecular complexity index is 275. The second kappa shape index (κ2) is 4.24. The van der Waals surface area contributed by atoms with Crippen LogP contribution < -0.4 is 5.32 Å². The summed E-state index contributed by atoms with van der Waals surface area (Å²) in [4.78, 5) is 0. The average Bonchev–Trinajstić information content (AvgIpc) is 3.11. The summed E-state index contributed by atoms with van der Waals surface area (Å²) in [5, 5.41) is 3.76. The number of hydrogen-bond acceptors (Lipinski definition) is 2. The van der Waals surface area contributed by atoms with Crippen molar-refractivity contribution in [3.05, 3.63) is 0 Å². The van der Waals surface area contributed by atoms with E-state index in [-0.39, 0.29) is 5.72 Å². The Kier molecular flexibility index (Phi) is 2.99. The van der Waals surface area contributed by atoms with Gasteiger partial charge in [-0.3, -0.25) is 5.32 Å². The Morgan fingerprint density at radius 1 is 1.00 bits per heavy atom. The van der Waals surface area contributed by atoms with E-state index in [0.29, 0.717) is 5.41 Å². The van der Waals surface area contributed by atoms with Crippen LogP contribution in [0.4, 0.5) is 0 Å². The van der Waals surface area contributed by atoms with E-state index in [1.54, 1.807) is 0 Å². The highest BCUT2D eigenvalue weighted by molar-refractivity contribution is 4.92. The smallest absolute Gasteiger partial charge is 0.119 e. The van der Waals surface area contributed by atoms with Crippen LogP contribution in [0.5, 0.6) is 0 Å². The van der Waals surface area contributed by atoms with E-state index in [1.165, 1.54) is 51.5 Å². The molecule has 0 aromatic heterocycles. The third-order valence-corrected chi connectivity index (χ3v) is 5.19. The lowest BCUT2D eigenvalue weighted by atomic mass is 9.85. The second-order valence-electron chi connectivity index (χ2n) is 7.30. The molecule has 2 aliphatic carbocycles. The summed E-state index contributed by atoms with van der Waals surface area (Å²) in [6.45, 7) is 7.02. The maximum Gasteiger partial charge on any atom is 0.119 e. The van der Waals surface area contributed by atoms with Crippen molar-refractivity contribution < 1.29 is 4.74 Å². The first kappa shape index (κ1) is 12.0. The van der Waals surface area contributed by atoms with Crippen molar-refractivity contribution in [2.75, 3.05) is 13.2 Å². The Hall–Kier alpha value is -0.0800. The first-order valence-corrected chi connectivity index (χ1v) is 7.48. The van der Waals surface area contributed by atoms with Gasteiger partial charge in [0.15, 0.2) is 0 Å². The SMILES string of the molecule is CC1(C)CCCC2(CC1)NCC(C1CC1)CO2. The van der Waals surface area contributed by atoms with Gasteiger partial charge in [0.2, 0.25) is 0 Å². The molecule has 3 fully saturated rings. The van der Waals surface area contributed by atoms with Crippen LogP contribution in [0.3, 0.4) is 0 Å². The molecule has 0 amide bonds. The van der Waals surface area contributed by atoms with Crippen molar-refractivity contribution in [1.82, 2.24) is 5.32 Å². The van der Waals surface area contributed by atoms with Crippen LogP contribution in [0.1, 0.15) is 58.8 Å². The molecule has 0 aromatic carbocycles. The lowest BCUT2D eigenvalue weighted by Crippen LogP contribution is -2.55. The Morgan fingerprint density at radius 2 is 1.82 bits per heavy atom. The number of ether oxygens (including phenoxy) is 1. The van der Waals surface area contributed by atoms with E-state index >= 15 is 0 Å². The van der Waals surface area contributed by atoms with Gasteiger partial charge in [0.05, 0.1) is 6.61 Å². The summed E-state index contributed by atoms with van der Waals surface area (Å²) < 4.78 is 6.28. The zero-order valence-corrected chi connectivity index (χ0v) is 11.4. The molecule has 0 aromatic rings. The number of nitrogens with one attached hydrogen (secondary N) is 1. The van der Waals surface area contributed by atoms with Gasteiger partial charge in [-0.15, -0.1) is 0 Å². The van der Waals surface area contributed by atoms with E-state index in [1.807, 2.05) is 0 Å². The van der Waals surface area contributed by atoms with Crippen LogP contribution in [0.2, 0.25) is 0 Å². The zero-order valence-electron chi connectivity index (χ0n) is 11.4.